The molecule has 0 N–H and O–H groups in total. The second-order valence-corrected chi connectivity index (χ2v) is 6.97. The van der Waals surface area contributed by atoms with E-state index in [0.717, 1.165) is 37.1 Å². The highest BCUT2D eigenvalue weighted by atomic mass is 16.5. The van der Waals surface area contributed by atoms with Gasteiger partial charge in [-0.3, -0.25) is 9.59 Å². The van der Waals surface area contributed by atoms with E-state index in [0.29, 0.717) is 19.5 Å². The molecule has 1 aliphatic carbocycles. The quantitative estimate of drug-likeness (QED) is 0.848. The fourth-order valence-electron chi connectivity index (χ4n) is 3.58. The van der Waals surface area contributed by atoms with Crippen molar-refractivity contribution in [3.8, 4) is 0 Å². The van der Waals surface area contributed by atoms with Crippen LogP contribution < -0.4 is 0 Å². The van der Waals surface area contributed by atoms with Gasteiger partial charge in [0.05, 0.1) is 12.5 Å². The molecule has 0 unspecified atom stereocenters. The number of carbonyl (C=O) groups excluding carboxylic acids is 2. The SMILES string of the molecule is CC(C)N1C[C@@H](C(=O)N(C)Cc2noc3c2CCCC3)CC1=O. The lowest BCUT2D eigenvalue weighted by atomic mass is 9.96. The molecule has 6 heteroatoms. The number of rotatable bonds is 4. The Hall–Kier alpha value is -1.85. The summed E-state index contributed by atoms with van der Waals surface area (Å²) in [6.45, 7) is 4.95. The highest BCUT2D eigenvalue weighted by Gasteiger charge is 2.37. The maximum Gasteiger partial charge on any atom is 0.228 e. The lowest BCUT2D eigenvalue weighted by Crippen LogP contribution is -2.36. The molecule has 0 saturated carbocycles. The van der Waals surface area contributed by atoms with Crippen molar-refractivity contribution in [1.29, 1.82) is 0 Å². The monoisotopic (exact) mass is 319 g/mol. The van der Waals surface area contributed by atoms with Gasteiger partial charge in [-0.05, 0) is 33.1 Å². The second kappa shape index (κ2) is 6.34. The first-order valence-electron chi connectivity index (χ1n) is 8.48. The van der Waals surface area contributed by atoms with Gasteiger partial charge < -0.3 is 14.3 Å². The van der Waals surface area contributed by atoms with Crippen LogP contribution >= 0.6 is 0 Å². The van der Waals surface area contributed by atoms with Crippen molar-refractivity contribution < 1.29 is 14.1 Å². The molecule has 0 bridgehead atoms. The number of hydrogen-bond donors (Lipinski definition) is 0. The van der Waals surface area contributed by atoms with Crippen LogP contribution in [-0.4, -0.2) is 46.4 Å². The number of fused-ring (bicyclic) bond motifs is 1. The molecular formula is C17H25N3O3. The van der Waals surface area contributed by atoms with E-state index < -0.39 is 0 Å². The first-order chi connectivity index (χ1) is 11.0. The summed E-state index contributed by atoms with van der Waals surface area (Å²) in [5, 5.41) is 4.16. The minimum Gasteiger partial charge on any atom is -0.361 e. The van der Waals surface area contributed by atoms with E-state index in [1.165, 1.54) is 5.56 Å². The van der Waals surface area contributed by atoms with Gasteiger partial charge in [-0.25, -0.2) is 0 Å². The van der Waals surface area contributed by atoms with Crippen LogP contribution in [0.15, 0.2) is 4.52 Å². The molecule has 2 amide bonds. The molecule has 2 heterocycles. The zero-order valence-electron chi connectivity index (χ0n) is 14.2. The molecule has 23 heavy (non-hydrogen) atoms. The Kier molecular flexibility index (Phi) is 4.41. The van der Waals surface area contributed by atoms with Gasteiger partial charge in [-0.1, -0.05) is 5.16 Å². The first kappa shape index (κ1) is 16.0. The van der Waals surface area contributed by atoms with E-state index >= 15 is 0 Å². The van der Waals surface area contributed by atoms with Crippen LogP contribution in [0.5, 0.6) is 0 Å². The first-order valence-corrected chi connectivity index (χ1v) is 8.48. The molecule has 0 spiro atoms. The number of likely N-dealkylation sites (tertiary alicyclic amines) is 1. The highest BCUT2D eigenvalue weighted by molar-refractivity contribution is 5.89. The van der Waals surface area contributed by atoms with E-state index in [1.54, 1.807) is 16.8 Å². The predicted molar refractivity (Wildman–Crippen MR) is 84.6 cm³/mol. The van der Waals surface area contributed by atoms with Crippen LogP contribution in [0.2, 0.25) is 0 Å². The van der Waals surface area contributed by atoms with Gasteiger partial charge in [-0.15, -0.1) is 0 Å². The van der Waals surface area contributed by atoms with Crippen LogP contribution in [0.4, 0.5) is 0 Å². The van der Waals surface area contributed by atoms with Crippen molar-refractivity contribution in [1.82, 2.24) is 15.0 Å². The molecule has 1 atom stereocenters. The maximum atomic E-state index is 12.6. The van der Waals surface area contributed by atoms with Crippen molar-refractivity contribution in [2.75, 3.05) is 13.6 Å². The zero-order chi connectivity index (χ0) is 16.6. The van der Waals surface area contributed by atoms with Crippen LogP contribution in [0.25, 0.3) is 0 Å². The molecule has 1 saturated heterocycles. The zero-order valence-corrected chi connectivity index (χ0v) is 14.2. The fraction of sp³-hybridized carbons (Fsp3) is 0.706. The molecule has 126 valence electrons. The molecule has 0 radical (unpaired) electrons. The van der Waals surface area contributed by atoms with Crippen molar-refractivity contribution in [2.45, 2.75) is 58.5 Å². The maximum absolute atomic E-state index is 12.6. The Bertz CT molecular complexity index is 608. The summed E-state index contributed by atoms with van der Waals surface area (Å²) in [4.78, 5) is 28.1. The van der Waals surface area contributed by atoms with Crippen LogP contribution in [0, 0.1) is 5.92 Å². The predicted octanol–water partition coefficient (Wildman–Crippen LogP) is 1.77. The molecule has 1 aromatic rings. The standard InChI is InChI=1S/C17H25N3O3/c1-11(2)20-9-12(8-16(20)21)17(22)19(3)10-14-13-6-4-5-7-15(13)23-18-14/h11-12H,4-10H2,1-3H3/t12-/m0/s1. The van der Waals surface area contributed by atoms with Gasteiger partial charge in [0, 0.05) is 38.0 Å². The van der Waals surface area contributed by atoms with E-state index in [4.69, 9.17) is 4.52 Å². The molecular weight excluding hydrogens is 294 g/mol. The minimum atomic E-state index is -0.238. The Balaban J connectivity index is 1.64. The Labute approximate surface area is 136 Å². The number of aryl methyl sites for hydroxylation is 1. The molecule has 2 aliphatic rings. The largest absolute Gasteiger partial charge is 0.361 e. The van der Waals surface area contributed by atoms with Crippen molar-refractivity contribution in [2.24, 2.45) is 5.92 Å². The molecule has 0 aromatic carbocycles. The number of carbonyl (C=O) groups is 2. The normalized spacial score (nSPS) is 21.0. The van der Waals surface area contributed by atoms with Gasteiger partial charge in [0.25, 0.3) is 0 Å². The number of aromatic nitrogens is 1. The molecule has 1 aromatic heterocycles. The molecule has 3 rings (SSSR count). The van der Waals surface area contributed by atoms with Crippen LogP contribution in [0.3, 0.4) is 0 Å². The van der Waals surface area contributed by atoms with Gasteiger partial charge >= 0.3 is 0 Å². The van der Waals surface area contributed by atoms with Crippen LogP contribution in [-0.2, 0) is 29.0 Å². The summed E-state index contributed by atoms with van der Waals surface area (Å²) in [5.41, 5.74) is 2.06. The summed E-state index contributed by atoms with van der Waals surface area (Å²) >= 11 is 0. The molecule has 6 nitrogen and oxygen atoms in total. The van der Waals surface area contributed by atoms with E-state index in [9.17, 15) is 9.59 Å². The highest BCUT2D eigenvalue weighted by Crippen LogP contribution is 2.26. The summed E-state index contributed by atoms with van der Waals surface area (Å²) in [7, 11) is 1.79. The second-order valence-electron chi connectivity index (χ2n) is 6.97. The molecule has 1 fully saturated rings. The van der Waals surface area contributed by atoms with Gasteiger partial charge in [0.1, 0.15) is 11.5 Å². The fourth-order valence-corrected chi connectivity index (χ4v) is 3.58. The summed E-state index contributed by atoms with van der Waals surface area (Å²) in [6, 6.07) is 0.146. The Morgan fingerprint density at radius 1 is 1.39 bits per heavy atom. The average Bonchev–Trinajstić information content (AvgIpc) is 3.11. The van der Waals surface area contributed by atoms with Crippen molar-refractivity contribution in [3.05, 3.63) is 17.0 Å². The van der Waals surface area contributed by atoms with E-state index in [-0.39, 0.29) is 23.8 Å². The third-order valence-corrected chi connectivity index (χ3v) is 4.93. The minimum absolute atomic E-state index is 0.0223. The third kappa shape index (κ3) is 3.12. The van der Waals surface area contributed by atoms with Gasteiger partial charge in [-0.2, -0.15) is 0 Å². The van der Waals surface area contributed by atoms with E-state index in [2.05, 4.69) is 5.16 Å². The third-order valence-electron chi connectivity index (χ3n) is 4.93. The molecule has 1 aliphatic heterocycles. The summed E-state index contributed by atoms with van der Waals surface area (Å²) < 4.78 is 5.41. The summed E-state index contributed by atoms with van der Waals surface area (Å²) in [6.07, 6.45) is 4.54. The van der Waals surface area contributed by atoms with Crippen LogP contribution in [0.1, 0.15) is 50.1 Å². The Morgan fingerprint density at radius 2 is 2.13 bits per heavy atom. The lowest BCUT2D eigenvalue weighted by molar-refractivity contribution is -0.135. The Morgan fingerprint density at radius 3 is 2.83 bits per heavy atom. The number of hydrogen-bond acceptors (Lipinski definition) is 4. The van der Waals surface area contributed by atoms with Crippen molar-refractivity contribution in [3.63, 3.8) is 0 Å². The van der Waals surface area contributed by atoms with Gasteiger partial charge in [0.15, 0.2) is 0 Å². The lowest BCUT2D eigenvalue weighted by Gasteiger charge is -2.23. The van der Waals surface area contributed by atoms with Crippen molar-refractivity contribution >= 4 is 11.8 Å². The number of amides is 2. The topological polar surface area (TPSA) is 66.7 Å². The summed E-state index contributed by atoms with van der Waals surface area (Å²) in [5.74, 6) is 0.839. The average molecular weight is 319 g/mol. The smallest absolute Gasteiger partial charge is 0.228 e. The van der Waals surface area contributed by atoms with Gasteiger partial charge in [0.2, 0.25) is 11.8 Å². The van der Waals surface area contributed by atoms with E-state index in [1.807, 2.05) is 13.8 Å². The number of nitrogens with zero attached hydrogens (tertiary/aromatic N) is 3.